The minimum absolute atomic E-state index is 0.0632. The molecule has 0 amide bonds. The Bertz CT molecular complexity index is 535. The van der Waals surface area contributed by atoms with Gasteiger partial charge >= 0.3 is 12.5 Å². The third-order valence-electron chi connectivity index (χ3n) is 3.58. The molecular weight excluding hydrogens is 328 g/mol. The zero-order chi connectivity index (χ0) is 17.3. The van der Waals surface area contributed by atoms with Crippen molar-refractivity contribution in [1.29, 1.82) is 0 Å². The Morgan fingerprint density at radius 3 is 2.13 bits per heavy atom. The molecule has 2 N–H and O–H groups in total. The van der Waals surface area contributed by atoms with Gasteiger partial charge in [-0.2, -0.15) is 13.2 Å². The summed E-state index contributed by atoms with van der Waals surface area (Å²) in [4.78, 5) is 0. The van der Waals surface area contributed by atoms with Crippen LogP contribution in [0.25, 0.3) is 0 Å². The molecule has 3 nitrogen and oxygen atoms in total. The summed E-state index contributed by atoms with van der Waals surface area (Å²) in [6.07, 6.45) is -8.39. The molecule has 1 saturated carbocycles. The van der Waals surface area contributed by atoms with E-state index in [0.717, 1.165) is 6.07 Å². The molecule has 2 rings (SSSR count). The number of nitrogens with one attached hydrogen (secondary N) is 1. The van der Waals surface area contributed by atoms with Gasteiger partial charge in [0.25, 0.3) is 0 Å². The van der Waals surface area contributed by atoms with Crippen LogP contribution in [0.2, 0.25) is 0 Å². The predicted molar refractivity (Wildman–Crippen MR) is 70.0 cm³/mol. The second-order valence-electron chi connectivity index (χ2n) is 5.41. The second kappa shape index (κ2) is 6.46. The Labute approximate surface area is 128 Å². The summed E-state index contributed by atoms with van der Waals surface area (Å²) in [5, 5.41) is 12.2. The van der Waals surface area contributed by atoms with Crippen molar-refractivity contribution in [3.63, 3.8) is 0 Å². The number of anilines is 1. The molecule has 1 aromatic carbocycles. The highest BCUT2D eigenvalue weighted by Crippen LogP contribution is 2.40. The Kier molecular flexibility index (Phi) is 4.98. The van der Waals surface area contributed by atoms with Gasteiger partial charge in [-0.15, -0.1) is 13.2 Å². The van der Waals surface area contributed by atoms with Crippen molar-refractivity contribution in [3.05, 3.63) is 23.8 Å². The molecule has 0 bridgehead atoms. The van der Waals surface area contributed by atoms with E-state index in [9.17, 15) is 31.4 Å². The monoisotopic (exact) mass is 343 g/mol. The van der Waals surface area contributed by atoms with Crippen molar-refractivity contribution in [2.24, 2.45) is 0 Å². The molecule has 1 aliphatic carbocycles. The molecule has 9 heteroatoms. The summed E-state index contributed by atoms with van der Waals surface area (Å²) >= 11 is 0. The van der Waals surface area contributed by atoms with E-state index < -0.39 is 30.0 Å². The van der Waals surface area contributed by atoms with Crippen molar-refractivity contribution in [2.75, 3.05) is 5.32 Å². The fourth-order valence-electron chi connectivity index (χ4n) is 2.51. The SMILES string of the molecule is O[C@H]1CC[C@H](Nc2ccc(OC(F)(F)F)c(C(F)(F)F)c2)CC1. The third kappa shape index (κ3) is 5.19. The van der Waals surface area contributed by atoms with Gasteiger partial charge in [0, 0.05) is 11.7 Å². The number of aliphatic hydroxyl groups excluding tert-OH is 1. The standard InChI is InChI=1S/C14H15F6NO2/c15-13(16,17)11-7-9(3-6-12(11)23-14(18,19)20)21-8-1-4-10(22)5-2-8/h3,6-8,10,21-22H,1-2,4-5H2/t8-,10-. The second-order valence-corrected chi connectivity index (χ2v) is 5.41. The van der Waals surface area contributed by atoms with Gasteiger partial charge < -0.3 is 15.2 Å². The van der Waals surface area contributed by atoms with Crippen molar-refractivity contribution < 1.29 is 36.2 Å². The average molecular weight is 343 g/mol. The number of alkyl halides is 6. The smallest absolute Gasteiger partial charge is 0.405 e. The third-order valence-corrected chi connectivity index (χ3v) is 3.58. The van der Waals surface area contributed by atoms with Gasteiger partial charge in [0.05, 0.1) is 11.7 Å². The molecule has 130 valence electrons. The first-order valence-electron chi connectivity index (χ1n) is 6.96. The number of rotatable bonds is 3. The van der Waals surface area contributed by atoms with Gasteiger partial charge in [-0.25, -0.2) is 0 Å². The van der Waals surface area contributed by atoms with Crippen molar-refractivity contribution in [3.8, 4) is 5.75 Å². The number of benzene rings is 1. The van der Waals surface area contributed by atoms with Crippen LogP contribution in [-0.2, 0) is 6.18 Å². The summed E-state index contributed by atoms with van der Waals surface area (Å²) in [6, 6.07) is 2.23. The van der Waals surface area contributed by atoms with E-state index >= 15 is 0 Å². The van der Waals surface area contributed by atoms with Crippen LogP contribution >= 0.6 is 0 Å². The predicted octanol–water partition coefficient (Wildman–Crippen LogP) is 4.32. The lowest BCUT2D eigenvalue weighted by Gasteiger charge is -2.27. The Morgan fingerprint density at radius 1 is 1.00 bits per heavy atom. The van der Waals surface area contributed by atoms with E-state index in [1.54, 1.807) is 0 Å². The zero-order valence-electron chi connectivity index (χ0n) is 11.8. The minimum Gasteiger partial charge on any atom is -0.405 e. The quantitative estimate of drug-likeness (QED) is 0.803. The van der Waals surface area contributed by atoms with Crippen LogP contribution in [0.4, 0.5) is 32.0 Å². The molecular formula is C14H15F6NO2. The Morgan fingerprint density at radius 2 is 1.61 bits per heavy atom. The van der Waals surface area contributed by atoms with Gasteiger partial charge in [-0.1, -0.05) is 0 Å². The summed E-state index contributed by atoms with van der Waals surface area (Å²) in [5.74, 6) is -1.28. The molecule has 1 aliphatic rings. The summed E-state index contributed by atoms with van der Waals surface area (Å²) < 4.78 is 78.8. The van der Waals surface area contributed by atoms with Crippen molar-refractivity contribution in [1.82, 2.24) is 0 Å². The average Bonchev–Trinajstić information content (AvgIpc) is 2.40. The number of hydrogen-bond acceptors (Lipinski definition) is 3. The maximum Gasteiger partial charge on any atom is 0.573 e. The fraction of sp³-hybridized carbons (Fsp3) is 0.571. The number of aliphatic hydroxyl groups is 1. The molecule has 0 aliphatic heterocycles. The van der Waals surface area contributed by atoms with Gasteiger partial charge in [0.2, 0.25) is 0 Å². The normalized spacial score (nSPS) is 22.7. The van der Waals surface area contributed by atoms with Crippen LogP contribution < -0.4 is 10.1 Å². The molecule has 0 atom stereocenters. The lowest BCUT2D eigenvalue weighted by atomic mass is 9.93. The van der Waals surface area contributed by atoms with Crippen molar-refractivity contribution in [2.45, 2.75) is 50.4 Å². The number of ether oxygens (including phenoxy) is 1. The molecule has 1 aromatic rings. The first-order chi connectivity index (χ1) is 10.5. The van der Waals surface area contributed by atoms with E-state index in [1.807, 2.05) is 0 Å². The molecule has 0 aromatic heterocycles. The zero-order valence-corrected chi connectivity index (χ0v) is 11.8. The molecule has 0 heterocycles. The van der Waals surface area contributed by atoms with E-state index in [-0.39, 0.29) is 11.7 Å². The lowest BCUT2D eigenvalue weighted by molar-refractivity contribution is -0.276. The van der Waals surface area contributed by atoms with Gasteiger partial charge in [-0.3, -0.25) is 0 Å². The summed E-state index contributed by atoms with van der Waals surface area (Å²) in [7, 11) is 0. The maximum atomic E-state index is 12.9. The topological polar surface area (TPSA) is 41.5 Å². The summed E-state index contributed by atoms with van der Waals surface area (Å²) in [6.45, 7) is 0. The molecule has 0 spiro atoms. The van der Waals surface area contributed by atoms with Crippen LogP contribution in [0.15, 0.2) is 18.2 Å². The van der Waals surface area contributed by atoms with Crippen molar-refractivity contribution >= 4 is 5.69 Å². The van der Waals surface area contributed by atoms with E-state index in [0.29, 0.717) is 37.8 Å². The molecule has 0 unspecified atom stereocenters. The highest BCUT2D eigenvalue weighted by molar-refractivity contribution is 5.53. The van der Waals surface area contributed by atoms with Crippen LogP contribution in [0.5, 0.6) is 5.75 Å². The largest absolute Gasteiger partial charge is 0.573 e. The number of halogens is 6. The Balaban J connectivity index is 2.19. The first kappa shape index (κ1) is 17.7. The van der Waals surface area contributed by atoms with Crippen LogP contribution in [0.3, 0.4) is 0 Å². The first-order valence-corrected chi connectivity index (χ1v) is 6.96. The highest BCUT2D eigenvalue weighted by Gasteiger charge is 2.39. The van der Waals surface area contributed by atoms with E-state index in [2.05, 4.69) is 10.1 Å². The molecule has 0 radical (unpaired) electrons. The minimum atomic E-state index is -5.20. The van der Waals surface area contributed by atoms with Crippen LogP contribution in [0.1, 0.15) is 31.2 Å². The van der Waals surface area contributed by atoms with Gasteiger partial charge in [0.1, 0.15) is 5.75 Å². The van der Waals surface area contributed by atoms with Crippen LogP contribution in [-0.4, -0.2) is 23.6 Å². The molecule has 1 fully saturated rings. The molecule has 0 saturated heterocycles. The van der Waals surface area contributed by atoms with E-state index in [1.165, 1.54) is 0 Å². The fourth-order valence-corrected chi connectivity index (χ4v) is 2.51. The lowest BCUT2D eigenvalue weighted by Crippen LogP contribution is -2.28. The highest BCUT2D eigenvalue weighted by atomic mass is 19.4. The Hall–Kier alpha value is -1.64. The summed E-state index contributed by atoms with van der Waals surface area (Å²) in [5.41, 5.74) is -1.43. The molecule has 23 heavy (non-hydrogen) atoms. The van der Waals surface area contributed by atoms with Gasteiger partial charge in [-0.05, 0) is 43.9 Å². The van der Waals surface area contributed by atoms with E-state index in [4.69, 9.17) is 0 Å². The number of hydrogen-bond donors (Lipinski definition) is 2. The maximum absolute atomic E-state index is 12.9. The van der Waals surface area contributed by atoms with Gasteiger partial charge in [0.15, 0.2) is 0 Å². The van der Waals surface area contributed by atoms with Crippen LogP contribution in [0, 0.1) is 0 Å².